The fourth-order valence-electron chi connectivity index (χ4n) is 2.11. The summed E-state index contributed by atoms with van der Waals surface area (Å²) in [6.07, 6.45) is 0. The van der Waals surface area contributed by atoms with Crippen molar-refractivity contribution in [2.24, 2.45) is 0 Å². The van der Waals surface area contributed by atoms with Crippen molar-refractivity contribution in [3.05, 3.63) is 17.8 Å². The molecule has 0 saturated heterocycles. The van der Waals surface area contributed by atoms with Gasteiger partial charge in [0.2, 0.25) is 0 Å². The van der Waals surface area contributed by atoms with Gasteiger partial charge >= 0.3 is 0 Å². The van der Waals surface area contributed by atoms with E-state index in [1.54, 1.807) is 0 Å². The van der Waals surface area contributed by atoms with Gasteiger partial charge in [-0.05, 0) is 47.1 Å². The van der Waals surface area contributed by atoms with Crippen molar-refractivity contribution in [1.29, 1.82) is 0 Å². The zero-order valence-electron chi connectivity index (χ0n) is 12.1. The summed E-state index contributed by atoms with van der Waals surface area (Å²) in [5.74, 6) is 0.951. The van der Waals surface area contributed by atoms with Gasteiger partial charge in [-0.3, -0.25) is 0 Å². The molecule has 0 aliphatic rings. The first-order valence-corrected chi connectivity index (χ1v) is 6.47. The van der Waals surface area contributed by atoms with Crippen molar-refractivity contribution >= 4 is 5.82 Å². The third-order valence-corrected chi connectivity index (χ3v) is 2.86. The maximum atomic E-state index is 4.31. The van der Waals surface area contributed by atoms with Crippen LogP contribution in [-0.2, 0) is 6.54 Å². The fourth-order valence-corrected chi connectivity index (χ4v) is 2.11. The zero-order valence-corrected chi connectivity index (χ0v) is 12.1. The van der Waals surface area contributed by atoms with Gasteiger partial charge in [-0.2, -0.15) is 5.10 Å². The summed E-state index contributed by atoms with van der Waals surface area (Å²) in [4.78, 5) is 4.46. The average molecular weight is 251 g/mol. The van der Waals surface area contributed by atoms with E-state index in [9.17, 15) is 0 Å². The Labute approximate surface area is 110 Å². The molecule has 0 saturated carbocycles. The van der Waals surface area contributed by atoms with Crippen molar-refractivity contribution in [2.45, 2.75) is 26.4 Å². The van der Waals surface area contributed by atoms with Crippen LogP contribution in [0.25, 0.3) is 0 Å². The second-order valence-electron chi connectivity index (χ2n) is 4.81. The summed E-state index contributed by atoms with van der Waals surface area (Å²) in [6, 6.07) is 4.51. The molecule has 0 aliphatic heterocycles. The summed E-state index contributed by atoms with van der Waals surface area (Å²) in [7, 11) is 6.09. The van der Waals surface area contributed by atoms with Crippen LogP contribution in [0, 0.1) is 0 Å². The third kappa shape index (κ3) is 4.23. The van der Waals surface area contributed by atoms with Crippen molar-refractivity contribution in [3.8, 4) is 0 Å². The molecule has 1 aromatic rings. The van der Waals surface area contributed by atoms with Crippen LogP contribution in [-0.4, -0.2) is 55.4 Å². The lowest BCUT2D eigenvalue weighted by Crippen LogP contribution is -2.40. The van der Waals surface area contributed by atoms with Crippen LogP contribution in [0.1, 0.15) is 19.5 Å². The molecule has 0 amide bonds. The standard InChI is InChI=1S/C13H25N5/c1-6-18(11(2)10-17(4)5)13-8-7-12(9-14-3)15-16-13/h7-8,11,14H,6,9-10H2,1-5H3. The third-order valence-electron chi connectivity index (χ3n) is 2.86. The molecule has 102 valence electrons. The highest BCUT2D eigenvalue weighted by molar-refractivity contribution is 5.38. The predicted octanol–water partition coefficient (Wildman–Crippen LogP) is 0.972. The lowest BCUT2D eigenvalue weighted by Gasteiger charge is -2.30. The second-order valence-corrected chi connectivity index (χ2v) is 4.81. The van der Waals surface area contributed by atoms with Crippen LogP contribution < -0.4 is 10.2 Å². The van der Waals surface area contributed by atoms with Crippen LogP contribution in [0.5, 0.6) is 0 Å². The molecule has 0 bridgehead atoms. The molecule has 5 nitrogen and oxygen atoms in total. The normalized spacial score (nSPS) is 12.8. The van der Waals surface area contributed by atoms with Gasteiger partial charge in [0.15, 0.2) is 5.82 Å². The highest BCUT2D eigenvalue weighted by atomic mass is 15.3. The first-order valence-electron chi connectivity index (χ1n) is 6.47. The molecule has 1 atom stereocenters. The Morgan fingerprint density at radius 2 is 2.00 bits per heavy atom. The highest BCUT2D eigenvalue weighted by Crippen LogP contribution is 2.13. The number of nitrogens with zero attached hydrogens (tertiary/aromatic N) is 4. The average Bonchev–Trinajstić information content (AvgIpc) is 2.31. The number of anilines is 1. The first-order chi connectivity index (χ1) is 8.58. The van der Waals surface area contributed by atoms with Crippen LogP contribution in [0.2, 0.25) is 0 Å². The summed E-state index contributed by atoms with van der Waals surface area (Å²) >= 11 is 0. The van der Waals surface area contributed by atoms with Gasteiger partial charge in [0.05, 0.1) is 5.69 Å². The Hall–Kier alpha value is -1.20. The smallest absolute Gasteiger partial charge is 0.151 e. The van der Waals surface area contributed by atoms with Gasteiger partial charge in [-0.15, -0.1) is 5.10 Å². The van der Waals surface area contributed by atoms with E-state index in [0.29, 0.717) is 6.04 Å². The maximum absolute atomic E-state index is 4.31. The Morgan fingerprint density at radius 1 is 1.28 bits per heavy atom. The molecule has 0 aromatic carbocycles. The minimum Gasteiger partial charge on any atom is -0.351 e. The highest BCUT2D eigenvalue weighted by Gasteiger charge is 2.15. The van der Waals surface area contributed by atoms with Gasteiger partial charge in [0.1, 0.15) is 0 Å². The van der Waals surface area contributed by atoms with Gasteiger partial charge in [0.25, 0.3) is 0 Å². The van der Waals surface area contributed by atoms with Gasteiger partial charge in [0, 0.05) is 25.7 Å². The zero-order chi connectivity index (χ0) is 13.5. The minimum absolute atomic E-state index is 0.425. The van der Waals surface area contributed by atoms with Crippen molar-refractivity contribution in [1.82, 2.24) is 20.4 Å². The predicted molar refractivity (Wildman–Crippen MR) is 75.8 cm³/mol. The number of hydrogen-bond acceptors (Lipinski definition) is 5. The van der Waals surface area contributed by atoms with E-state index in [1.165, 1.54) is 0 Å². The Bertz CT molecular complexity index is 336. The van der Waals surface area contributed by atoms with Crippen LogP contribution in [0.4, 0.5) is 5.82 Å². The number of hydrogen-bond donors (Lipinski definition) is 1. The molecule has 1 N–H and O–H groups in total. The maximum Gasteiger partial charge on any atom is 0.151 e. The monoisotopic (exact) mass is 251 g/mol. The Kier molecular flexibility index (Phi) is 6.01. The van der Waals surface area contributed by atoms with E-state index in [-0.39, 0.29) is 0 Å². The molecular formula is C13H25N5. The summed E-state index contributed by atoms with van der Waals surface area (Å²) in [5.41, 5.74) is 0.970. The van der Waals surface area contributed by atoms with E-state index >= 15 is 0 Å². The summed E-state index contributed by atoms with van der Waals surface area (Å²) in [6.45, 7) is 7.07. The minimum atomic E-state index is 0.425. The van der Waals surface area contributed by atoms with Crippen LogP contribution >= 0.6 is 0 Å². The molecule has 18 heavy (non-hydrogen) atoms. The van der Waals surface area contributed by atoms with E-state index in [0.717, 1.165) is 31.1 Å². The van der Waals surface area contributed by atoms with E-state index in [4.69, 9.17) is 0 Å². The summed E-state index contributed by atoms with van der Waals surface area (Å²) < 4.78 is 0. The van der Waals surface area contributed by atoms with E-state index in [2.05, 4.69) is 59.3 Å². The van der Waals surface area contributed by atoms with Crippen LogP contribution in [0.3, 0.4) is 0 Å². The molecule has 1 heterocycles. The number of nitrogens with one attached hydrogen (secondary N) is 1. The number of aromatic nitrogens is 2. The fraction of sp³-hybridized carbons (Fsp3) is 0.692. The first kappa shape index (κ1) is 14.9. The molecule has 5 heteroatoms. The van der Waals surface area contributed by atoms with Crippen molar-refractivity contribution in [2.75, 3.05) is 39.1 Å². The largest absolute Gasteiger partial charge is 0.351 e. The second kappa shape index (κ2) is 7.28. The summed E-state index contributed by atoms with van der Waals surface area (Å²) in [5, 5.41) is 11.6. The molecule has 1 rings (SSSR count). The van der Waals surface area contributed by atoms with Crippen molar-refractivity contribution in [3.63, 3.8) is 0 Å². The van der Waals surface area contributed by atoms with E-state index < -0.39 is 0 Å². The Balaban J connectivity index is 2.75. The molecular weight excluding hydrogens is 226 g/mol. The topological polar surface area (TPSA) is 44.3 Å². The molecule has 0 aliphatic carbocycles. The van der Waals surface area contributed by atoms with E-state index in [1.807, 2.05) is 13.1 Å². The molecule has 1 aromatic heterocycles. The molecule has 0 radical (unpaired) electrons. The Morgan fingerprint density at radius 3 is 2.44 bits per heavy atom. The lowest BCUT2D eigenvalue weighted by molar-refractivity contribution is 0.372. The molecule has 0 spiro atoms. The van der Waals surface area contributed by atoms with Gasteiger partial charge < -0.3 is 15.1 Å². The quantitative estimate of drug-likeness (QED) is 0.782. The van der Waals surface area contributed by atoms with Gasteiger partial charge in [-0.25, -0.2) is 0 Å². The molecule has 0 fully saturated rings. The van der Waals surface area contributed by atoms with Crippen LogP contribution in [0.15, 0.2) is 12.1 Å². The molecule has 1 unspecified atom stereocenters. The SMILES string of the molecule is CCN(c1ccc(CNC)nn1)C(C)CN(C)C. The van der Waals surface area contributed by atoms with Gasteiger partial charge in [-0.1, -0.05) is 0 Å². The van der Waals surface area contributed by atoms with Crippen molar-refractivity contribution < 1.29 is 0 Å². The number of likely N-dealkylation sites (N-methyl/N-ethyl adjacent to an activating group) is 2. The number of rotatable bonds is 7. The lowest BCUT2D eigenvalue weighted by atomic mass is 10.2.